The first-order valence-electron chi connectivity index (χ1n) is 6.90. The highest BCUT2D eigenvalue weighted by atomic mass is 16.6. The zero-order valence-corrected chi connectivity index (χ0v) is 12.3. The average molecular weight is 292 g/mol. The number of para-hydroxylation sites is 1. The first-order chi connectivity index (χ1) is 9.91. The maximum absolute atomic E-state index is 12.5. The third-order valence-electron chi connectivity index (χ3n) is 3.99. The van der Waals surface area contributed by atoms with Crippen LogP contribution in [0.2, 0.25) is 0 Å². The summed E-state index contributed by atoms with van der Waals surface area (Å²) in [6, 6.07) is 4.82. The normalized spacial score (nSPS) is 16.2. The SMILES string of the molecule is CN(C)C1CCN(C(=O)c2cccc([N+](=O)[O-])c2N)CC1. The Bertz CT molecular complexity index is 551. The number of likely N-dealkylation sites (tertiary alicyclic amines) is 1. The summed E-state index contributed by atoms with van der Waals surface area (Å²) < 4.78 is 0. The van der Waals surface area contributed by atoms with Gasteiger partial charge in [-0.25, -0.2) is 0 Å². The molecule has 0 radical (unpaired) electrons. The monoisotopic (exact) mass is 292 g/mol. The minimum Gasteiger partial charge on any atom is -0.393 e. The summed E-state index contributed by atoms with van der Waals surface area (Å²) in [4.78, 5) is 26.7. The average Bonchev–Trinajstić information content (AvgIpc) is 2.46. The van der Waals surface area contributed by atoms with Crippen molar-refractivity contribution in [3.63, 3.8) is 0 Å². The lowest BCUT2D eigenvalue weighted by Gasteiger charge is -2.35. The molecule has 1 amide bonds. The molecule has 0 saturated carbocycles. The van der Waals surface area contributed by atoms with Crippen molar-refractivity contribution in [2.24, 2.45) is 0 Å². The molecule has 0 bridgehead atoms. The van der Waals surface area contributed by atoms with E-state index in [4.69, 9.17) is 5.73 Å². The Morgan fingerprint density at radius 1 is 1.38 bits per heavy atom. The molecule has 1 heterocycles. The Balaban J connectivity index is 2.15. The fourth-order valence-electron chi connectivity index (χ4n) is 2.65. The van der Waals surface area contributed by atoms with Gasteiger partial charge in [0.1, 0.15) is 5.69 Å². The lowest BCUT2D eigenvalue weighted by atomic mass is 10.0. The van der Waals surface area contributed by atoms with E-state index in [1.54, 1.807) is 11.0 Å². The van der Waals surface area contributed by atoms with Crippen LogP contribution in [0.1, 0.15) is 23.2 Å². The summed E-state index contributed by atoms with van der Waals surface area (Å²) in [7, 11) is 4.06. The summed E-state index contributed by atoms with van der Waals surface area (Å²) in [5.74, 6) is -0.228. The number of nitrogen functional groups attached to an aromatic ring is 1. The second kappa shape index (κ2) is 6.09. The second-order valence-corrected chi connectivity index (χ2v) is 5.48. The summed E-state index contributed by atoms with van der Waals surface area (Å²) in [5, 5.41) is 10.9. The van der Waals surface area contributed by atoms with Crippen LogP contribution in [0.25, 0.3) is 0 Å². The Morgan fingerprint density at radius 3 is 2.52 bits per heavy atom. The predicted molar refractivity (Wildman–Crippen MR) is 80.1 cm³/mol. The minimum absolute atomic E-state index is 0.0535. The summed E-state index contributed by atoms with van der Waals surface area (Å²) in [5.41, 5.74) is 5.71. The number of nitrogens with two attached hydrogens (primary N) is 1. The van der Waals surface area contributed by atoms with Crippen molar-refractivity contribution in [2.75, 3.05) is 32.9 Å². The van der Waals surface area contributed by atoms with Gasteiger partial charge in [0.15, 0.2) is 0 Å². The van der Waals surface area contributed by atoms with Gasteiger partial charge >= 0.3 is 0 Å². The molecule has 2 N–H and O–H groups in total. The molecule has 1 saturated heterocycles. The van der Waals surface area contributed by atoms with E-state index in [0.717, 1.165) is 12.8 Å². The van der Waals surface area contributed by atoms with Crippen molar-refractivity contribution in [3.8, 4) is 0 Å². The van der Waals surface area contributed by atoms with Gasteiger partial charge in [0.2, 0.25) is 0 Å². The Labute approximate surface area is 123 Å². The maximum Gasteiger partial charge on any atom is 0.292 e. The third kappa shape index (κ3) is 3.13. The molecule has 7 heteroatoms. The molecule has 0 atom stereocenters. The lowest BCUT2D eigenvalue weighted by Crippen LogP contribution is -2.44. The van der Waals surface area contributed by atoms with Crippen LogP contribution < -0.4 is 5.73 Å². The molecule has 21 heavy (non-hydrogen) atoms. The van der Waals surface area contributed by atoms with Gasteiger partial charge in [-0.2, -0.15) is 0 Å². The molecule has 2 rings (SSSR count). The van der Waals surface area contributed by atoms with E-state index in [1.807, 2.05) is 14.1 Å². The molecule has 1 aliphatic rings. The molecule has 7 nitrogen and oxygen atoms in total. The first-order valence-corrected chi connectivity index (χ1v) is 6.90. The fourth-order valence-corrected chi connectivity index (χ4v) is 2.65. The number of anilines is 1. The number of amides is 1. The molecule has 1 aliphatic heterocycles. The minimum atomic E-state index is -0.565. The van der Waals surface area contributed by atoms with Gasteiger partial charge in [-0.3, -0.25) is 14.9 Å². The quantitative estimate of drug-likeness (QED) is 0.515. The van der Waals surface area contributed by atoms with Crippen LogP contribution in [0, 0.1) is 10.1 Å². The Kier molecular flexibility index (Phi) is 4.42. The van der Waals surface area contributed by atoms with Crippen molar-refractivity contribution in [1.29, 1.82) is 0 Å². The van der Waals surface area contributed by atoms with Crippen molar-refractivity contribution in [2.45, 2.75) is 18.9 Å². The van der Waals surface area contributed by atoms with Gasteiger partial charge in [0, 0.05) is 25.2 Å². The zero-order valence-electron chi connectivity index (χ0n) is 12.3. The number of hydrogen-bond donors (Lipinski definition) is 1. The standard InChI is InChI=1S/C14H20N4O3/c1-16(2)10-6-8-17(9-7-10)14(19)11-4-3-5-12(13(11)15)18(20)21/h3-5,10H,6-9,15H2,1-2H3. The first kappa shape index (κ1) is 15.2. The summed E-state index contributed by atoms with van der Waals surface area (Å²) in [6.07, 6.45) is 1.79. The predicted octanol–water partition coefficient (Wildman–Crippen LogP) is 1.34. The number of piperidine rings is 1. The van der Waals surface area contributed by atoms with Crippen LogP contribution in [-0.2, 0) is 0 Å². The molecule has 0 unspecified atom stereocenters. The van der Waals surface area contributed by atoms with Crippen molar-refractivity contribution < 1.29 is 9.72 Å². The number of nitro benzene ring substituents is 1. The topological polar surface area (TPSA) is 92.7 Å². The van der Waals surface area contributed by atoms with E-state index < -0.39 is 4.92 Å². The number of rotatable bonds is 3. The Hall–Kier alpha value is -2.15. The Morgan fingerprint density at radius 2 is 2.00 bits per heavy atom. The number of benzene rings is 1. The van der Waals surface area contributed by atoms with E-state index in [2.05, 4.69) is 4.90 Å². The van der Waals surface area contributed by atoms with E-state index >= 15 is 0 Å². The van der Waals surface area contributed by atoms with Gasteiger partial charge < -0.3 is 15.5 Å². The molecule has 1 aromatic rings. The van der Waals surface area contributed by atoms with Crippen molar-refractivity contribution in [1.82, 2.24) is 9.80 Å². The van der Waals surface area contributed by atoms with E-state index in [-0.39, 0.29) is 22.8 Å². The van der Waals surface area contributed by atoms with Gasteiger partial charge in [0.05, 0.1) is 10.5 Å². The van der Waals surface area contributed by atoms with Crippen LogP contribution >= 0.6 is 0 Å². The molecular formula is C14H20N4O3. The van der Waals surface area contributed by atoms with E-state index in [9.17, 15) is 14.9 Å². The smallest absolute Gasteiger partial charge is 0.292 e. The molecular weight excluding hydrogens is 272 g/mol. The van der Waals surface area contributed by atoms with Gasteiger partial charge in [0.25, 0.3) is 11.6 Å². The van der Waals surface area contributed by atoms with Gasteiger partial charge in [-0.1, -0.05) is 6.07 Å². The largest absolute Gasteiger partial charge is 0.393 e. The third-order valence-corrected chi connectivity index (χ3v) is 3.99. The van der Waals surface area contributed by atoms with E-state index in [1.165, 1.54) is 12.1 Å². The zero-order chi connectivity index (χ0) is 15.6. The van der Waals surface area contributed by atoms with Crippen LogP contribution in [0.3, 0.4) is 0 Å². The van der Waals surface area contributed by atoms with Crippen molar-refractivity contribution >= 4 is 17.3 Å². The van der Waals surface area contributed by atoms with Crippen LogP contribution in [0.4, 0.5) is 11.4 Å². The van der Waals surface area contributed by atoms with Crippen molar-refractivity contribution in [3.05, 3.63) is 33.9 Å². The second-order valence-electron chi connectivity index (χ2n) is 5.48. The van der Waals surface area contributed by atoms with Gasteiger partial charge in [-0.05, 0) is 33.0 Å². The number of carbonyl (C=O) groups excluding carboxylic acids is 1. The molecule has 0 spiro atoms. The highest BCUT2D eigenvalue weighted by molar-refractivity contribution is 6.01. The fraction of sp³-hybridized carbons (Fsp3) is 0.500. The van der Waals surface area contributed by atoms with Crippen LogP contribution in [0.5, 0.6) is 0 Å². The molecule has 0 aromatic heterocycles. The molecule has 0 aliphatic carbocycles. The number of nitro groups is 1. The molecule has 114 valence electrons. The summed E-state index contributed by atoms with van der Waals surface area (Å²) >= 11 is 0. The highest BCUT2D eigenvalue weighted by Gasteiger charge is 2.27. The summed E-state index contributed by atoms with van der Waals surface area (Å²) in [6.45, 7) is 1.29. The molecule has 1 fully saturated rings. The van der Waals surface area contributed by atoms with Crippen LogP contribution in [0.15, 0.2) is 18.2 Å². The number of hydrogen-bond acceptors (Lipinski definition) is 5. The number of nitrogens with zero attached hydrogens (tertiary/aromatic N) is 3. The lowest BCUT2D eigenvalue weighted by molar-refractivity contribution is -0.383. The van der Waals surface area contributed by atoms with Gasteiger partial charge in [-0.15, -0.1) is 0 Å². The highest BCUT2D eigenvalue weighted by Crippen LogP contribution is 2.27. The molecule has 1 aromatic carbocycles. The van der Waals surface area contributed by atoms with Crippen LogP contribution in [-0.4, -0.2) is 53.9 Å². The maximum atomic E-state index is 12.5. The van der Waals surface area contributed by atoms with E-state index in [0.29, 0.717) is 19.1 Å². The number of carbonyl (C=O) groups is 1.